The van der Waals surface area contributed by atoms with Crippen molar-refractivity contribution in [3.63, 3.8) is 0 Å². The maximum atomic E-state index is 3.86. The van der Waals surface area contributed by atoms with Crippen LogP contribution in [0.3, 0.4) is 0 Å². The maximum absolute atomic E-state index is 3.86. The molecule has 1 saturated heterocycles. The highest BCUT2D eigenvalue weighted by atomic mass is 32.2. The van der Waals surface area contributed by atoms with Crippen molar-refractivity contribution in [1.82, 2.24) is 10.2 Å². The first-order chi connectivity index (χ1) is 8.04. The smallest absolute Gasteiger partial charge is 0.0166 e. The molecule has 0 aromatic heterocycles. The standard InChI is InChI=1S/C14H28N2S/c1-5-10-16(14(2,3)4)11-12-17-13-6-8-15-9-7-13/h5,13,15H,1,6-12H2,2-4H3. The van der Waals surface area contributed by atoms with E-state index in [2.05, 4.69) is 49.3 Å². The van der Waals surface area contributed by atoms with E-state index in [1.165, 1.54) is 38.2 Å². The van der Waals surface area contributed by atoms with Crippen molar-refractivity contribution in [2.45, 2.75) is 44.4 Å². The molecule has 1 heterocycles. The summed E-state index contributed by atoms with van der Waals surface area (Å²) in [4.78, 5) is 2.51. The highest BCUT2D eigenvalue weighted by Crippen LogP contribution is 2.21. The summed E-state index contributed by atoms with van der Waals surface area (Å²) in [6.07, 6.45) is 4.68. The van der Waals surface area contributed by atoms with E-state index in [1.54, 1.807) is 0 Å². The molecule has 0 radical (unpaired) electrons. The molecule has 0 unspecified atom stereocenters. The third-order valence-corrected chi connectivity index (χ3v) is 4.66. The van der Waals surface area contributed by atoms with E-state index >= 15 is 0 Å². The number of hydrogen-bond acceptors (Lipinski definition) is 3. The van der Waals surface area contributed by atoms with Crippen molar-refractivity contribution in [2.24, 2.45) is 0 Å². The lowest BCUT2D eigenvalue weighted by Gasteiger charge is -2.35. The lowest BCUT2D eigenvalue weighted by Crippen LogP contribution is -2.43. The second kappa shape index (κ2) is 7.45. The average Bonchev–Trinajstić information content (AvgIpc) is 2.28. The monoisotopic (exact) mass is 256 g/mol. The van der Waals surface area contributed by atoms with Crippen LogP contribution in [0.5, 0.6) is 0 Å². The first kappa shape index (κ1) is 15.1. The molecule has 1 aliphatic heterocycles. The van der Waals surface area contributed by atoms with Gasteiger partial charge in [0.15, 0.2) is 0 Å². The van der Waals surface area contributed by atoms with Crippen LogP contribution in [0.1, 0.15) is 33.6 Å². The summed E-state index contributed by atoms with van der Waals surface area (Å²) in [5.74, 6) is 1.25. The molecule has 1 fully saturated rings. The molecular formula is C14H28N2S. The molecule has 0 amide bonds. The van der Waals surface area contributed by atoms with Crippen molar-refractivity contribution in [3.8, 4) is 0 Å². The maximum Gasteiger partial charge on any atom is 0.0166 e. The molecule has 2 nitrogen and oxygen atoms in total. The van der Waals surface area contributed by atoms with Gasteiger partial charge in [-0.1, -0.05) is 6.08 Å². The first-order valence-corrected chi connectivity index (χ1v) is 7.77. The Hall–Kier alpha value is 0.01000. The molecule has 0 aliphatic carbocycles. The van der Waals surface area contributed by atoms with Crippen LogP contribution in [0.4, 0.5) is 0 Å². The summed E-state index contributed by atoms with van der Waals surface area (Å²) < 4.78 is 0. The Morgan fingerprint density at radius 3 is 2.53 bits per heavy atom. The van der Waals surface area contributed by atoms with E-state index in [1.807, 2.05) is 6.08 Å². The summed E-state index contributed by atoms with van der Waals surface area (Å²) in [5, 5.41) is 4.30. The van der Waals surface area contributed by atoms with Crippen molar-refractivity contribution in [1.29, 1.82) is 0 Å². The van der Waals surface area contributed by atoms with Gasteiger partial charge in [-0.05, 0) is 46.7 Å². The lowest BCUT2D eigenvalue weighted by atomic mass is 10.1. The summed E-state index contributed by atoms with van der Waals surface area (Å²) >= 11 is 2.15. The van der Waals surface area contributed by atoms with E-state index in [4.69, 9.17) is 0 Å². The topological polar surface area (TPSA) is 15.3 Å². The molecule has 0 saturated carbocycles. The number of thioether (sulfide) groups is 1. The predicted molar refractivity (Wildman–Crippen MR) is 79.9 cm³/mol. The van der Waals surface area contributed by atoms with Crippen LogP contribution in [0.2, 0.25) is 0 Å². The van der Waals surface area contributed by atoms with Crippen molar-refractivity contribution < 1.29 is 0 Å². The molecule has 0 aromatic rings. The molecule has 0 bridgehead atoms. The Morgan fingerprint density at radius 2 is 2.00 bits per heavy atom. The van der Waals surface area contributed by atoms with E-state index < -0.39 is 0 Å². The first-order valence-electron chi connectivity index (χ1n) is 6.72. The van der Waals surface area contributed by atoms with E-state index in [0.717, 1.165) is 11.8 Å². The second-order valence-electron chi connectivity index (χ2n) is 5.73. The van der Waals surface area contributed by atoms with Gasteiger partial charge in [0.2, 0.25) is 0 Å². The van der Waals surface area contributed by atoms with Crippen molar-refractivity contribution >= 4 is 11.8 Å². The normalized spacial score (nSPS) is 18.6. The second-order valence-corrected chi connectivity index (χ2v) is 7.13. The summed E-state index contributed by atoms with van der Waals surface area (Å²) in [5.41, 5.74) is 0.253. The zero-order chi connectivity index (χ0) is 12.7. The van der Waals surface area contributed by atoms with Gasteiger partial charge in [0, 0.05) is 29.6 Å². The van der Waals surface area contributed by atoms with Gasteiger partial charge in [-0.25, -0.2) is 0 Å². The van der Waals surface area contributed by atoms with Crippen molar-refractivity contribution in [2.75, 3.05) is 31.9 Å². The number of nitrogens with zero attached hydrogens (tertiary/aromatic N) is 1. The van der Waals surface area contributed by atoms with Gasteiger partial charge in [0.05, 0.1) is 0 Å². The quantitative estimate of drug-likeness (QED) is 0.736. The van der Waals surface area contributed by atoms with Crippen molar-refractivity contribution in [3.05, 3.63) is 12.7 Å². The Bertz CT molecular complexity index is 217. The lowest BCUT2D eigenvalue weighted by molar-refractivity contribution is 0.165. The zero-order valence-electron chi connectivity index (χ0n) is 11.7. The van der Waals surface area contributed by atoms with Gasteiger partial charge in [-0.15, -0.1) is 6.58 Å². The molecular weight excluding hydrogens is 228 g/mol. The van der Waals surface area contributed by atoms with Crippen LogP contribution in [-0.4, -0.2) is 47.6 Å². The fraction of sp³-hybridized carbons (Fsp3) is 0.857. The minimum absolute atomic E-state index is 0.253. The van der Waals surface area contributed by atoms with Gasteiger partial charge in [-0.2, -0.15) is 11.8 Å². The zero-order valence-corrected chi connectivity index (χ0v) is 12.5. The van der Waals surface area contributed by atoms with Gasteiger partial charge in [0.1, 0.15) is 0 Å². The molecule has 3 heteroatoms. The van der Waals surface area contributed by atoms with Gasteiger partial charge < -0.3 is 5.32 Å². The van der Waals surface area contributed by atoms with E-state index in [0.29, 0.717) is 0 Å². The summed E-state index contributed by atoms with van der Waals surface area (Å²) in [6.45, 7) is 15.3. The summed E-state index contributed by atoms with van der Waals surface area (Å²) in [7, 11) is 0. The molecule has 0 spiro atoms. The average molecular weight is 256 g/mol. The summed E-state index contributed by atoms with van der Waals surface area (Å²) in [6, 6.07) is 0. The Labute approximate surface area is 111 Å². The number of nitrogens with one attached hydrogen (secondary N) is 1. The molecule has 1 aliphatic rings. The minimum Gasteiger partial charge on any atom is -0.317 e. The van der Waals surface area contributed by atoms with Gasteiger partial charge >= 0.3 is 0 Å². The fourth-order valence-corrected chi connectivity index (χ4v) is 3.38. The SMILES string of the molecule is C=CCN(CCSC1CCNCC1)C(C)(C)C. The molecule has 0 aromatic carbocycles. The Morgan fingerprint density at radius 1 is 1.35 bits per heavy atom. The predicted octanol–water partition coefficient (Wildman–Crippen LogP) is 2.76. The van der Waals surface area contributed by atoms with Crippen LogP contribution in [0, 0.1) is 0 Å². The van der Waals surface area contributed by atoms with Crippen LogP contribution < -0.4 is 5.32 Å². The molecule has 1 rings (SSSR count). The van der Waals surface area contributed by atoms with Crippen LogP contribution in [0.25, 0.3) is 0 Å². The fourth-order valence-electron chi connectivity index (χ4n) is 2.15. The highest BCUT2D eigenvalue weighted by Gasteiger charge is 2.20. The van der Waals surface area contributed by atoms with Crippen LogP contribution >= 0.6 is 11.8 Å². The van der Waals surface area contributed by atoms with Crippen LogP contribution in [0.15, 0.2) is 12.7 Å². The molecule has 100 valence electrons. The van der Waals surface area contributed by atoms with Gasteiger partial charge in [0.25, 0.3) is 0 Å². The largest absolute Gasteiger partial charge is 0.317 e. The number of piperidine rings is 1. The Balaban J connectivity index is 2.24. The van der Waals surface area contributed by atoms with Crippen LogP contribution in [-0.2, 0) is 0 Å². The number of rotatable bonds is 6. The highest BCUT2D eigenvalue weighted by molar-refractivity contribution is 7.99. The Kier molecular flexibility index (Phi) is 6.60. The number of hydrogen-bond donors (Lipinski definition) is 1. The molecule has 17 heavy (non-hydrogen) atoms. The van der Waals surface area contributed by atoms with Gasteiger partial charge in [-0.3, -0.25) is 4.90 Å². The third kappa shape index (κ3) is 5.94. The molecule has 0 atom stereocenters. The van der Waals surface area contributed by atoms with E-state index in [9.17, 15) is 0 Å². The minimum atomic E-state index is 0.253. The third-order valence-electron chi connectivity index (χ3n) is 3.30. The van der Waals surface area contributed by atoms with E-state index in [-0.39, 0.29) is 5.54 Å². The molecule has 1 N–H and O–H groups in total.